The van der Waals surface area contributed by atoms with E-state index in [1.807, 2.05) is 0 Å². The van der Waals surface area contributed by atoms with Crippen LogP contribution in [-0.4, -0.2) is 88.2 Å². The number of methoxy groups -OCH3 is 1. The zero-order valence-corrected chi connectivity index (χ0v) is 17.2. The first-order chi connectivity index (χ1) is 14.8. The Hall–Kier alpha value is -3.63. The summed E-state index contributed by atoms with van der Waals surface area (Å²) < 4.78 is 4.79. The third-order valence-electron chi connectivity index (χ3n) is 5.51. The van der Waals surface area contributed by atoms with Crippen LogP contribution in [0.2, 0.25) is 0 Å². The highest BCUT2D eigenvalue weighted by molar-refractivity contribution is 6.01. The lowest BCUT2D eigenvalue weighted by molar-refractivity contribution is -0.150. The molecule has 0 bridgehead atoms. The van der Waals surface area contributed by atoms with Gasteiger partial charge >= 0.3 is 12.2 Å². The molecule has 3 atom stereocenters. The number of ether oxygens (including phenoxy) is 1. The van der Waals surface area contributed by atoms with Crippen LogP contribution in [0.15, 0.2) is 30.3 Å². The summed E-state index contributed by atoms with van der Waals surface area (Å²) in [4.78, 5) is 65.4. The number of hydrogen-bond acceptors (Lipinski definition) is 6. The van der Waals surface area contributed by atoms with E-state index < -0.39 is 48.2 Å². The largest absolute Gasteiger partial charge is 0.465 e. The maximum Gasteiger partial charge on any atom is 0.414 e. The molecule has 0 radical (unpaired) electrons. The molecule has 31 heavy (non-hydrogen) atoms. The van der Waals surface area contributed by atoms with E-state index in [1.165, 1.54) is 23.8 Å². The summed E-state index contributed by atoms with van der Waals surface area (Å²) in [5, 5.41) is 12.0. The van der Waals surface area contributed by atoms with Crippen LogP contribution in [0.1, 0.15) is 30.1 Å². The second-order valence-electron chi connectivity index (χ2n) is 7.19. The van der Waals surface area contributed by atoms with E-state index in [1.54, 1.807) is 30.3 Å². The van der Waals surface area contributed by atoms with E-state index in [2.05, 4.69) is 5.32 Å². The number of likely N-dealkylation sites (N-methyl/N-ethyl adjacent to an activating group) is 1. The van der Waals surface area contributed by atoms with Crippen LogP contribution < -0.4 is 5.32 Å². The van der Waals surface area contributed by atoms with Crippen molar-refractivity contribution < 1.29 is 33.8 Å². The van der Waals surface area contributed by atoms with Gasteiger partial charge in [-0.25, -0.2) is 14.5 Å². The van der Waals surface area contributed by atoms with E-state index in [4.69, 9.17) is 4.74 Å². The third-order valence-corrected chi connectivity index (χ3v) is 5.51. The lowest BCUT2D eigenvalue weighted by Crippen LogP contribution is -2.63. The summed E-state index contributed by atoms with van der Waals surface area (Å²) in [6.07, 6.45) is -2.82. The number of nitrogens with zero attached hydrogens (tertiary/aromatic N) is 3. The molecule has 0 spiro atoms. The number of amides is 5. The molecule has 2 aliphatic heterocycles. The minimum atomic E-state index is -1.42. The van der Waals surface area contributed by atoms with Crippen molar-refractivity contribution in [3.8, 4) is 0 Å². The molecule has 0 saturated carbocycles. The van der Waals surface area contributed by atoms with Gasteiger partial charge in [-0.15, -0.1) is 0 Å². The van der Waals surface area contributed by atoms with Crippen LogP contribution >= 0.6 is 0 Å². The van der Waals surface area contributed by atoms with Gasteiger partial charge < -0.3 is 20.1 Å². The molecule has 11 heteroatoms. The molecule has 166 valence electrons. The Bertz CT molecular complexity index is 891. The van der Waals surface area contributed by atoms with Gasteiger partial charge in [-0.1, -0.05) is 18.2 Å². The number of fused-ring (bicyclic) bond motifs is 1. The van der Waals surface area contributed by atoms with Crippen molar-refractivity contribution in [1.82, 2.24) is 20.0 Å². The van der Waals surface area contributed by atoms with Gasteiger partial charge in [0.05, 0.1) is 7.11 Å². The molecule has 11 nitrogen and oxygen atoms in total. The number of nitrogens with one attached hydrogen (secondary N) is 1. The summed E-state index contributed by atoms with van der Waals surface area (Å²) in [6.45, 7) is 1.54. The maximum atomic E-state index is 13.2. The number of hydrogen-bond donors (Lipinski definition) is 2. The number of benzene rings is 1. The van der Waals surface area contributed by atoms with Crippen LogP contribution in [0, 0.1) is 0 Å². The van der Waals surface area contributed by atoms with Gasteiger partial charge in [0.25, 0.3) is 11.8 Å². The molecule has 1 aromatic rings. The molecule has 2 saturated heterocycles. The fourth-order valence-corrected chi connectivity index (χ4v) is 4.03. The number of carbonyl (C=O) groups is 5. The fraction of sp³-hybridized carbons (Fsp3) is 0.450. The number of carbonyl (C=O) groups excluding carboxylic acids is 4. The Morgan fingerprint density at radius 1 is 1.23 bits per heavy atom. The van der Waals surface area contributed by atoms with Gasteiger partial charge in [-0.3, -0.25) is 19.3 Å². The highest BCUT2D eigenvalue weighted by atomic mass is 16.5. The van der Waals surface area contributed by atoms with Crippen LogP contribution in [0.4, 0.5) is 9.59 Å². The highest BCUT2D eigenvalue weighted by Crippen LogP contribution is 2.32. The first kappa shape index (κ1) is 22.1. The molecule has 2 heterocycles. The monoisotopic (exact) mass is 432 g/mol. The quantitative estimate of drug-likeness (QED) is 0.715. The summed E-state index contributed by atoms with van der Waals surface area (Å²) in [5.41, 5.74) is 0.362. The van der Waals surface area contributed by atoms with Crippen molar-refractivity contribution >= 4 is 29.9 Å². The van der Waals surface area contributed by atoms with E-state index in [0.29, 0.717) is 10.5 Å². The van der Waals surface area contributed by atoms with E-state index >= 15 is 0 Å². The number of carboxylic acid groups (broad SMARTS) is 1. The molecule has 0 aromatic heterocycles. The summed E-state index contributed by atoms with van der Waals surface area (Å²) >= 11 is 0. The Labute approximate surface area is 178 Å². The average molecular weight is 432 g/mol. The van der Waals surface area contributed by atoms with E-state index in [9.17, 15) is 29.1 Å². The summed E-state index contributed by atoms with van der Waals surface area (Å²) in [5.74, 6) is -1.76. The second kappa shape index (κ2) is 9.02. The van der Waals surface area contributed by atoms with E-state index in [-0.39, 0.29) is 25.9 Å². The molecule has 3 rings (SSSR count). The third kappa shape index (κ3) is 4.16. The molecule has 2 aliphatic rings. The Morgan fingerprint density at radius 2 is 1.90 bits per heavy atom. The SMILES string of the molecule is CCN(C(=O)O)C(=O)C1CCN(C(=O)OC)C2CC(NC(=O)c3ccccc3)C(=O)N12. The van der Waals surface area contributed by atoms with Crippen molar-refractivity contribution in [3.05, 3.63) is 35.9 Å². The summed E-state index contributed by atoms with van der Waals surface area (Å²) in [6, 6.07) is 6.29. The van der Waals surface area contributed by atoms with Gasteiger partial charge in [0.15, 0.2) is 0 Å². The molecule has 3 unspecified atom stereocenters. The van der Waals surface area contributed by atoms with Gasteiger partial charge in [-0.2, -0.15) is 0 Å². The topological polar surface area (TPSA) is 137 Å². The van der Waals surface area contributed by atoms with Crippen molar-refractivity contribution in [1.29, 1.82) is 0 Å². The van der Waals surface area contributed by atoms with Gasteiger partial charge in [0, 0.05) is 25.1 Å². The second-order valence-corrected chi connectivity index (χ2v) is 7.19. The predicted molar refractivity (Wildman–Crippen MR) is 106 cm³/mol. The van der Waals surface area contributed by atoms with Crippen molar-refractivity contribution in [2.75, 3.05) is 20.2 Å². The molecule has 2 N–H and O–H groups in total. The van der Waals surface area contributed by atoms with Gasteiger partial charge in [0.1, 0.15) is 18.2 Å². The molecule has 1 aromatic carbocycles. The van der Waals surface area contributed by atoms with E-state index in [0.717, 1.165) is 0 Å². The lowest BCUT2D eigenvalue weighted by atomic mass is 10.1. The molecule has 2 fully saturated rings. The lowest BCUT2D eigenvalue weighted by Gasteiger charge is -2.43. The van der Waals surface area contributed by atoms with Crippen LogP contribution in [0.25, 0.3) is 0 Å². The van der Waals surface area contributed by atoms with Crippen molar-refractivity contribution in [3.63, 3.8) is 0 Å². The smallest absolute Gasteiger partial charge is 0.414 e. The minimum Gasteiger partial charge on any atom is -0.465 e. The number of rotatable bonds is 4. The Morgan fingerprint density at radius 3 is 2.48 bits per heavy atom. The zero-order valence-electron chi connectivity index (χ0n) is 17.2. The Balaban J connectivity index is 1.87. The first-order valence-electron chi connectivity index (χ1n) is 9.87. The fourth-order valence-electron chi connectivity index (χ4n) is 4.03. The van der Waals surface area contributed by atoms with Gasteiger partial charge in [-0.05, 0) is 25.5 Å². The number of imide groups is 1. The summed E-state index contributed by atoms with van der Waals surface area (Å²) in [7, 11) is 1.21. The minimum absolute atomic E-state index is 0.0511. The normalized spacial score (nSPS) is 22.5. The van der Waals surface area contributed by atoms with Crippen molar-refractivity contribution in [2.45, 2.75) is 38.0 Å². The van der Waals surface area contributed by atoms with Crippen LogP contribution in [0.5, 0.6) is 0 Å². The van der Waals surface area contributed by atoms with Crippen molar-refractivity contribution in [2.24, 2.45) is 0 Å². The zero-order chi connectivity index (χ0) is 22.7. The first-order valence-corrected chi connectivity index (χ1v) is 9.87. The average Bonchev–Trinajstić information content (AvgIpc) is 3.09. The maximum absolute atomic E-state index is 13.2. The standard InChI is InChI=1S/C20H24N4O7/c1-3-22(19(28)29)18(27)14-9-10-23(20(30)31-2)15-11-13(17(26)24(14)15)21-16(25)12-7-5-4-6-8-12/h4-8,13-15H,3,9-11H2,1-2H3,(H,21,25)(H,28,29). The highest BCUT2D eigenvalue weighted by Gasteiger charge is 2.53. The van der Waals surface area contributed by atoms with Gasteiger partial charge in [0.2, 0.25) is 5.91 Å². The molecule has 5 amide bonds. The predicted octanol–water partition coefficient (Wildman–Crippen LogP) is 0.711. The van der Waals surface area contributed by atoms with Crippen LogP contribution in [0.3, 0.4) is 0 Å². The van der Waals surface area contributed by atoms with Crippen LogP contribution in [-0.2, 0) is 14.3 Å². The Kier molecular flexibility index (Phi) is 6.42. The molecular formula is C20H24N4O7. The molecule has 0 aliphatic carbocycles. The molecular weight excluding hydrogens is 408 g/mol.